The molecule has 0 atom stereocenters. The third kappa shape index (κ3) is 2.10. The summed E-state index contributed by atoms with van der Waals surface area (Å²) in [6.07, 6.45) is 0.520. The van der Waals surface area contributed by atoms with Gasteiger partial charge < -0.3 is 20.6 Å². The molecule has 0 fully saturated rings. The number of hydrogen-bond donors (Lipinski definition) is 1. The van der Waals surface area contributed by atoms with Gasteiger partial charge in [0.1, 0.15) is 5.69 Å². The number of nitrogens with zero attached hydrogens (tertiary/aromatic N) is 2. The summed E-state index contributed by atoms with van der Waals surface area (Å²) in [4.78, 5) is 14.3. The van der Waals surface area contributed by atoms with Gasteiger partial charge in [0.25, 0.3) is 0 Å². The van der Waals surface area contributed by atoms with E-state index < -0.39 is 4.92 Å². The Morgan fingerprint density at radius 1 is 1.44 bits per heavy atom. The second kappa shape index (κ2) is 4.97. The number of anilines is 1. The number of nitrogen functional groups attached to an aromatic ring is 1. The summed E-state index contributed by atoms with van der Waals surface area (Å²) in [7, 11) is 1.58. The molecule has 2 rings (SSSR count). The molecule has 0 spiro atoms. The largest absolute Gasteiger partial charge is 0.392 e. The highest BCUT2D eigenvalue weighted by molar-refractivity contribution is 5.89. The van der Waals surface area contributed by atoms with Crippen molar-refractivity contribution in [3.05, 3.63) is 39.9 Å². The minimum atomic E-state index is -0.557. The lowest BCUT2D eigenvalue weighted by molar-refractivity contribution is -0.388. The van der Waals surface area contributed by atoms with Crippen LogP contribution in [0.15, 0.2) is 24.3 Å². The molecule has 6 nitrogen and oxygen atoms in total. The second-order valence-electron chi connectivity index (χ2n) is 3.84. The van der Waals surface area contributed by atoms with E-state index in [0.29, 0.717) is 24.1 Å². The molecule has 0 saturated carbocycles. The van der Waals surface area contributed by atoms with Crippen LogP contribution in [0.4, 0.5) is 11.5 Å². The van der Waals surface area contributed by atoms with Crippen molar-refractivity contribution >= 4 is 22.4 Å². The lowest BCUT2D eigenvalue weighted by Crippen LogP contribution is -2.06. The number of nitrogens with two attached hydrogens (primary N) is 1. The zero-order valence-electron chi connectivity index (χ0n) is 9.92. The van der Waals surface area contributed by atoms with Crippen LogP contribution in [0.25, 0.3) is 10.9 Å². The van der Waals surface area contributed by atoms with Gasteiger partial charge >= 0.3 is 5.82 Å². The van der Waals surface area contributed by atoms with Gasteiger partial charge in [-0.3, -0.25) is 0 Å². The quantitative estimate of drug-likeness (QED) is 0.658. The first-order valence-corrected chi connectivity index (χ1v) is 5.45. The number of benzene rings is 1. The molecule has 1 aromatic heterocycles. The van der Waals surface area contributed by atoms with Crippen molar-refractivity contribution in [3.63, 3.8) is 0 Å². The fourth-order valence-electron chi connectivity index (χ4n) is 1.89. The van der Waals surface area contributed by atoms with E-state index in [4.69, 9.17) is 10.5 Å². The normalized spacial score (nSPS) is 10.7. The summed E-state index contributed by atoms with van der Waals surface area (Å²) in [5.41, 5.74) is 7.24. The first kappa shape index (κ1) is 12.3. The van der Waals surface area contributed by atoms with Crippen LogP contribution in [0.5, 0.6) is 0 Å². The minimum absolute atomic E-state index is 0.121. The molecule has 94 valence electrons. The second-order valence-corrected chi connectivity index (χ2v) is 3.84. The number of ether oxygens (including phenoxy) is 1. The van der Waals surface area contributed by atoms with Crippen molar-refractivity contribution < 1.29 is 9.66 Å². The molecule has 0 aliphatic heterocycles. The summed E-state index contributed by atoms with van der Waals surface area (Å²) in [6.45, 7) is 0.454. The van der Waals surface area contributed by atoms with E-state index in [0.717, 1.165) is 5.39 Å². The molecule has 0 amide bonds. The predicted octanol–water partition coefficient (Wildman–Crippen LogP) is 1.91. The van der Waals surface area contributed by atoms with Crippen LogP contribution in [0.2, 0.25) is 0 Å². The Morgan fingerprint density at radius 2 is 2.17 bits per heavy atom. The molecule has 2 aromatic rings. The van der Waals surface area contributed by atoms with Gasteiger partial charge in [-0.15, -0.1) is 0 Å². The molecule has 2 N–H and O–H groups in total. The Hall–Kier alpha value is -2.21. The fraction of sp³-hybridized carbons (Fsp3) is 0.250. The molecule has 0 aliphatic carbocycles. The summed E-state index contributed by atoms with van der Waals surface area (Å²) in [6, 6.07) is 7.23. The predicted molar refractivity (Wildman–Crippen MR) is 68.4 cm³/mol. The maximum atomic E-state index is 10.9. The number of hydrogen-bond acceptors (Lipinski definition) is 5. The molecule has 1 heterocycles. The maximum Gasteiger partial charge on any atom is 0.387 e. The summed E-state index contributed by atoms with van der Waals surface area (Å²) in [5.74, 6) is -0.292. The van der Waals surface area contributed by atoms with E-state index in [1.54, 1.807) is 19.2 Å². The average molecular weight is 247 g/mol. The minimum Gasteiger partial charge on any atom is -0.392 e. The Balaban J connectivity index is 2.69. The number of fused-ring (bicyclic) bond motifs is 1. The molecule has 0 unspecified atom stereocenters. The summed E-state index contributed by atoms with van der Waals surface area (Å²) < 4.78 is 5.00. The van der Waals surface area contributed by atoms with Gasteiger partial charge in [-0.1, -0.05) is 18.2 Å². The van der Waals surface area contributed by atoms with Gasteiger partial charge in [-0.05, 0) is 28.0 Å². The number of methoxy groups -OCH3 is 1. The summed E-state index contributed by atoms with van der Waals surface area (Å²) >= 11 is 0. The fourth-order valence-corrected chi connectivity index (χ4v) is 1.89. The number of rotatable bonds is 4. The number of para-hydroxylation sites is 1. The van der Waals surface area contributed by atoms with Crippen LogP contribution < -0.4 is 5.73 Å². The molecular weight excluding hydrogens is 234 g/mol. The van der Waals surface area contributed by atoms with Gasteiger partial charge in [0.05, 0.1) is 6.61 Å². The van der Waals surface area contributed by atoms with Crippen LogP contribution in [-0.4, -0.2) is 23.6 Å². The Morgan fingerprint density at radius 3 is 2.83 bits per heavy atom. The first-order valence-electron chi connectivity index (χ1n) is 5.45. The highest BCUT2D eigenvalue weighted by Gasteiger charge is 2.20. The van der Waals surface area contributed by atoms with E-state index in [9.17, 15) is 10.1 Å². The zero-order chi connectivity index (χ0) is 13.1. The molecule has 6 heteroatoms. The van der Waals surface area contributed by atoms with Crippen molar-refractivity contribution in [3.8, 4) is 0 Å². The summed E-state index contributed by atoms with van der Waals surface area (Å²) in [5, 5.41) is 11.8. The average Bonchev–Trinajstić information content (AvgIpc) is 2.37. The number of pyridine rings is 1. The topological polar surface area (TPSA) is 91.3 Å². The van der Waals surface area contributed by atoms with Crippen molar-refractivity contribution in [1.82, 2.24) is 4.98 Å². The van der Waals surface area contributed by atoms with Gasteiger partial charge in [0.15, 0.2) is 5.52 Å². The van der Waals surface area contributed by atoms with Crippen molar-refractivity contribution in [2.75, 3.05) is 19.5 Å². The lowest BCUT2D eigenvalue weighted by atomic mass is 10.0. The van der Waals surface area contributed by atoms with Crippen molar-refractivity contribution in [2.24, 2.45) is 0 Å². The van der Waals surface area contributed by atoms with Crippen molar-refractivity contribution in [1.29, 1.82) is 0 Å². The van der Waals surface area contributed by atoms with Crippen LogP contribution >= 0.6 is 0 Å². The molecule has 0 aliphatic rings. The van der Waals surface area contributed by atoms with Gasteiger partial charge in [0, 0.05) is 12.5 Å². The SMILES string of the molecule is COCCc1c(N)c([N+](=O)[O-])nc2ccccc12. The van der Waals surface area contributed by atoms with Crippen LogP contribution in [0.1, 0.15) is 5.56 Å². The highest BCUT2D eigenvalue weighted by Crippen LogP contribution is 2.30. The van der Waals surface area contributed by atoms with E-state index in [1.807, 2.05) is 12.1 Å². The third-order valence-electron chi connectivity index (χ3n) is 2.75. The number of aromatic nitrogens is 1. The monoisotopic (exact) mass is 247 g/mol. The smallest absolute Gasteiger partial charge is 0.387 e. The maximum absolute atomic E-state index is 10.9. The van der Waals surface area contributed by atoms with E-state index in [2.05, 4.69) is 4.98 Å². The van der Waals surface area contributed by atoms with Gasteiger partial charge in [-0.2, -0.15) is 0 Å². The molecule has 0 saturated heterocycles. The van der Waals surface area contributed by atoms with Crippen LogP contribution in [0.3, 0.4) is 0 Å². The molecule has 0 bridgehead atoms. The number of nitro groups is 1. The van der Waals surface area contributed by atoms with E-state index in [1.165, 1.54) is 0 Å². The van der Waals surface area contributed by atoms with Crippen molar-refractivity contribution in [2.45, 2.75) is 6.42 Å². The van der Waals surface area contributed by atoms with Gasteiger partial charge in [0.2, 0.25) is 0 Å². The lowest BCUT2D eigenvalue weighted by Gasteiger charge is -2.08. The highest BCUT2D eigenvalue weighted by atomic mass is 16.6. The Labute approximate surface area is 104 Å². The first-order chi connectivity index (χ1) is 8.65. The zero-order valence-corrected chi connectivity index (χ0v) is 9.92. The van der Waals surface area contributed by atoms with Gasteiger partial charge in [-0.25, -0.2) is 0 Å². The van der Waals surface area contributed by atoms with E-state index in [-0.39, 0.29) is 11.5 Å². The molecule has 18 heavy (non-hydrogen) atoms. The Bertz CT molecular complexity index is 598. The van der Waals surface area contributed by atoms with Crippen LogP contribution in [0, 0.1) is 10.1 Å². The third-order valence-corrected chi connectivity index (χ3v) is 2.75. The van der Waals surface area contributed by atoms with Crippen LogP contribution in [-0.2, 0) is 11.2 Å². The van der Waals surface area contributed by atoms with E-state index >= 15 is 0 Å². The Kier molecular flexibility index (Phi) is 3.38. The standard InChI is InChI=1S/C12H13N3O3/c1-18-7-6-9-8-4-2-3-5-10(8)14-12(11(9)13)15(16)17/h2-5H,6-7,13H2,1H3. The molecular formula is C12H13N3O3. The molecule has 1 aromatic carbocycles. The molecule has 0 radical (unpaired) electrons.